The molecule has 1 aliphatic heterocycles. The second-order valence-corrected chi connectivity index (χ2v) is 11.5. The van der Waals surface area contributed by atoms with E-state index in [1.807, 2.05) is 23.7 Å². The molecule has 0 amide bonds. The van der Waals surface area contributed by atoms with Gasteiger partial charge in [-0.3, -0.25) is 0 Å². The number of aromatic amines is 1. The predicted octanol–water partition coefficient (Wildman–Crippen LogP) is 5.11. The lowest BCUT2D eigenvalue weighted by molar-refractivity contribution is 0.365. The first kappa shape index (κ1) is 24.2. The van der Waals surface area contributed by atoms with Crippen LogP contribution in [0.25, 0.3) is 16.8 Å². The van der Waals surface area contributed by atoms with E-state index in [0.29, 0.717) is 11.7 Å². The van der Waals surface area contributed by atoms with E-state index < -0.39 is 0 Å². The number of likely N-dealkylation sites (N-methyl/N-ethyl adjacent to an activating group) is 1. The van der Waals surface area contributed by atoms with Crippen molar-refractivity contribution < 1.29 is 0 Å². The summed E-state index contributed by atoms with van der Waals surface area (Å²) in [6, 6.07) is 12.8. The van der Waals surface area contributed by atoms with Gasteiger partial charge in [0.15, 0.2) is 0 Å². The van der Waals surface area contributed by atoms with E-state index >= 15 is 0 Å². The molecule has 190 valence electrons. The van der Waals surface area contributed by atoms with Crippen molar-refractivity contribution in [2.75, 3.05) is 29.9 Å². The van der Waals surface area contributed by atoms with Crippen molar-refractivity contribution in [1.29, 1.82) is 0 Å². The van der Waals surface area contributed by atoms with Gasteiger partial charge in [-0.05, 0) is 43.0 Å². The van der Waals surface area contributed by atoms with E-state index in [-0.39, 0.29) is 6.04 Å². The van der Waals surface area contributed by atoms with Gasteiger partial charge < -0.3 is 14.8 Å². The summed E-state index contributed by atoms with van der Waals surface area (Å²) in [5.41, 5.74) is 3.03. The summed E-state index contributed by atoms with van der Waals surface area (Å²) in [7, 11) is 2.14. The summed E-state index contributed by atoms with van der Waals surface area (Å²) in [5.74, 6) is 3.94. The molecule has 6 rings (SSSR count). The average Bonchev–Trinajstić information content (AvgIpc) is 3.54. The smallest absolute Gasteiger partial charge is 0.255 e. The minimum Gasteiger partial charge on any atom is -0.354 e. The Balaban J connectivity index is 1.27. The molecule has 9 nitrogen and oxygen atoms in total. The van der Waals surface area contributed by atoms with Gasteiger partial charge in [0.2, 0.25) is 5.16 Å². The molecule has 0 unspecified atom stereocenters. The fraction of sp³-hybridized carbons (Fsp3) is 0.346. The number of hydrogen-bond acceptors (Lipinski definition) is 8. The molecule has 0 aliphatic carbocycles. The quantitative estimate of drug-likeness (QED) is 0.278. The van der Waals surface area contributed by atoms with Crippen molar-refractivity contribution in [2.45, 2.75) is 37.2 Å². The molecule has 11 heteroatoms. The van der Waals surface area contributed by atoms with E-state index in [1.54, 1.807) is 18.1 Å². The van der Waals surface area contributed by atoms with Gasteiger partial charge in [-0.2, -0.15) is 9.50 Å². The largest absolute Gasteiger partial charge is 0.354 e. The van der Waals surface area contributed by atoms with E-state index in [9.17, 15) is 0 Å². The van der Waals surface area contributed by atoms with Gasteiger partial charge >= 0.3 is 0 Å². The fourth-order valence-corrected chi connectivity index (χ4v) is 6.06. The number of nitrogens with one attached hydrogen (secondary N) is 1. The van der Waals surface area contributed by atoms with Crippen LogP contribution in [0.2, 0.25) is 0 Å². The lowest BCUT2D eigenvalue weighted by Gasteiger charge is -2.43. The maximum Gasteiger partial charge on any atom is 0.255 e. The first-order valence-corrected chi connectivity index (χ1v) is 14.1. The Kier molecular flexibility index (Phi) is 6.49. The van der Waals surface area contributed by atoms with Crippen LogP contribution in [0.5, 0.6) is 0 Å². The van der Waals surface area contributed by atoms with Crippen LogP contribution in [-0.2, 0) is 5.75 Å². The first-order chi connectivity index (χ1) is 18.0. The van der Waals surface area contributed by atoms with Crippen molar-refractivity contribution in [2.24, 2.45) is 5.92 Å². The van der Waals surface area contributed by atoms with Crippen LogP contribution in [0, 0.1) is 12.8 Å². The number of H-pyrrole nitrogens is 1. The number of aryl methyl sites for hydroxylation is 1. The van der Waals surface area contributed by atoms with Crippen LogP contribution in [0.15, 0.2) is 58.6 Å². The number of halogens is 1. The van der Waals surface area contributed by atoms with Gasteiger partial charge in [0, 0.05) is 48.3 Å². The van der Waals surface area contributed by atoms with Crippen molar-refractivity contribution in [1.82, 2.24) is 34.5 Å². The molecule has 4 aromatic heterocycles. The summed E-state index contributed by atoms with van der Waals surface area (Å²) in [5, 5.41) is 6.63. The zero-order valence-corrected chi connectivity index (χ0v) is 23.4. The predicted molar refractivity (Wildman–Crippen MR) is 151 cm³/mol. The number of aromatic nitrogens is 7. The summed E-state index contributed by atoms with van der Waals surface area (Å²) in [6.07, 6.45) is 4.62. The fourth-order valence-electron chi connectivity index (χ4n) is 5.02. The number of piperidine rings is 1. The number of anilines is 2. The molecule has 0 bridgehead atoms. The highest BCUT2D eigenvalue weighted by Gasteiger charge is 2.32. The lowest BCUT2D eigenvalue weighted by atomic mass is 9.92. The highest BCUT2D eigenvalue weighted by molar-refractivity contribution is 9.10. The highest BCUT2D eigenvalue weighted by atomic mass is 79.9. The maximum absolute atomic E-state index is 4.86. The molecule has 1 saturated heterocycles. The Morgan fingerprint density at radius 3 is 2.84 bits per heavy atom. The van der Waals surface area contributed by atoms with Crippen LogP contribution in [0.1, 0.15) is 24.6 Å². The van der Waals surface area contributed by atoms with Crippen molar-refractivity contribution in [3.05, 3.63) is 64.7 Å². The number of benzene rings is 1. The SMILES string of the molecule is Cc1cc(N2CC[C@@H](C)[C@@H](N(C)c3ncnc4[nH]ccc34)C2)n2nc(SCc3ccc(Br)cc3)nc2n1. The highest BCUT2D eigenvalue weighted by Crippen LogP contribution is 2.31. The van der Waals surface area contributed by atoms with Crippen molar-refractivity contribution in [3.63, 3.8) is 0 Å². The number of thioether (sulfide) groups is 1. The molecule has 0 saturated carbocycles. The molecule has 1 aliphatic rings. The first-order valence-electron chi connectivity index (χ1n) is 12.3. The summed E-state index contributed by atoms with van der Waals surface area (Å²) < 4.78 is 2.98. The minimum absolute atomic E-state index is 0.278. The Hall–Kier alpha value is -3.18. The molecule has 0 radical (unpaired) electrons. The molecule has 1 aromatic carbocycles. The number of hydrogen-bond donors (Lipinski definition) is 1. The summed E-state index contributed by atoms with van der Waals surface area (Å²) in [4.78, 5) is 26.3. The number of fused-ring (bicyclic) bond motifs is 2. The Morgan fingerprint density at radius 2 is 2.00 bits per heavy atom. The van der Waals surface area contributed by atoms with Gasteiger partial charge in [0.25, 0.3) is 5.78 Å². The van der Waals surface area contributed by atoms with Crippen LogP contribution in [0.3, 0.4) is 0 Å². The Labute approximate surface area is 227 Å². The van der Waals surface area contributed by atoms with Gasteiger partial charge in [-0.1, -0.05) is 46.7 Å². The van der Waals surface area contributed by atoms with Gasteiger partial charge in [0.05, 0.1) is 11.4 Å². The monoisotopic (exact) mass is 577 g/mol. The van der Waals surface area contributed by atoms with E-state index in [1.165, 1.54) is 5.56 Å². The molecule has 1 N–H and O–H groups in total. The molecule has 5 heterocycles. The Morgan fingerprint density at radius 1 is 1.16 bits per heavy atom. The minimum atomic E-state index is 0.278. The van der Waals surface area contributed by atoms with Gasteiger partial charge in [-0.25, -0.2) is 15.0 Å². The number of rotatable bonds is 6. The summed E-state index contributed by atoms with van der Waals surface area (Å²) >= 11 is 5.13. The van der Waals surface area contributed by atoms with Gasteiger partial charge in [-0.15, -0.1) is 5.10 Å². The number of nitrogens with zero attached hydrogens (tertiary/aromatic N) is 8. The topological polar surface area (TPSA) is 91.1 Å². The van der Waals surface area contributed by atoms with Crippen LogP contribution >= 0.6 is 27.7 Å². The zero-order valence-electron chi connectivity index (χ0n) is 21.0. The molecule has 0 spiro atoms. The molecule has 37 heavy (non-hydrogen) atoms. The molecular formula is C26H28BrN9S. The normalized spacial score (nSPS) is 18.1. The Bertz CT molecular complexity index is 1550. The maximum atomic E-state index is 4.86. The van der Waals surface area contributed by atoms with E-state index in [4.69, 9.17) is 10.1 Å². The molecule has 2 atom stereocenters. The van der Waals surface area contributed by atoms with E-state index in [2.05, 4.69) is 90.0 Å². The molecule has 5 aromatic rings. The van der Waals surface area contributed by atoms with E-state index in [0.717, 1.165) is 63.3 Å². The standard InChI is InChI=1S/C26H28BrN9S/c1-16-9-11-35(13-21(16)34(3)24-20-8-10-28-23(20)29-15-30-24)22-12-17(2)31-25-32-26(33-36(22)25)37-14-18-4-6-19(27)7-5-18/h4-8,10,12,15-16,21H,9,11,13-14H2,1-3H3,(H,28,29,30)/t16-,21+/m1/s1. The molecule has 1 fully saturated rings. The second kappa shape index (κ2) is 9.94. The third kappa shape index (κ3) is 4.77. The van der Waals surface area contributed by atoms with Crippen molar-refractivity contribution in [3.8, 4) is 0 Å². The lowest BCUT2D eigenvalue weighted by Crippen LogP contribution is -2.51. The molecular weight excluding hydrogens is 550 g/mol. The van der Waals surface area contributed by atoms with Crippen molar-refractivity contribution >= 4 is 56.1 Å². The third-order valence-corrected chi connectivity index (χ3v) is 8.53. The third-order valence-electron chi connectivity index (χ3n) is 7.09. The average molecular weight is 579 g/mol. The van der Waals surface area contributed by atoms with Crippen LogP contribution in [-0.4, -0.2) is 60.7 Å². The van der Waals surface area contributed by atoms with Crippen LogP contribution in [0.4, 0.5) is 11.6 Å². The van der Waals surface area contributed by atoms with Crippen LogP contribution < -0.4 is 9.80 Å². The van der Waals surface area contributed by atoms with Gasteiger partial charge in [0.1, 0.15) is 23.6 Å². The zero-order chi connectivity index (χ0) is 25.5. The second-order valence-electron chi connectivity index (χ2n) is 9.60. The summed E-state index contributed by atoms with van der Waals surface area (Å²) in [6.45, 7) is 6.16.